The van der Waals surface area contributed by atoms with Crippen molar-refractivity contribution in [1.29, 1.82) is 0 Å². The Morgan fingerprint density at radius 3 is 3.00 bits per heavy atom. The van der Waals surface area contributed by atoms with Crippen LogP contribution in [0.5, 0.6) is 0 Å². The standard InChI is InChI=1S/C16H19NO/c1-2-10-17-15-9-8-12-13(15)5-3-6-14(12)16-7-4-11-18-16/h3-7,11,15,17H,2,8-10H2,1H3. The van der Waals surface area contributed by atoms with Crippen LogP contribution in [-0.4, -0.2) is 6.54 Å². The van der Waals surface area contributed by atoms with Crippen LogP contribution >= 0.6 is 0 Å². The second-order valence-electron chi connectivity index (χ2n) is 4.90. The molecule has 0 saturated heterocycles. The van der Waals surface area contributed by atoms with Crippen molar-refractivity contribution < 1.29 is 4.42 Å². The van der Waals surface area contributed by atoms with Gasteiger partial charge in [0.15, 0.2) is 0 Å². The summed E-state index contributed by atoms with van der Waals surface area (Å²) in [5.74, 6) is 0.989. The van der Waals surface area contributed by atoms with Gasteiger partial charge in [-0.3, -0.25) is 0 Å². The Labute approximate surface area is 108 Å². The van der Waals surface area contributed by atoms with Crippen LogP contribution in [-0.2, 0) is 6.42 Å². The lowest BCUT2D eigenvalue weighted by molar-refractivity contribution is 0.529. The molecule has 1 aliphatic rings. The van der Waals surface area contributed by atoms with E-state index in [2.05, 4.69) is 30.4 Å². The first kappa shape index (κ1) is 11.5. The Morgan fingerprint density at radius 2 is 2.22 bits per heavy atom. The molecule has 1 atom stereocenters. The number of hydrogen-bond donors (Lipinski definition) is 1. The Bertz CT molecular complexity index is 516. The first-order chi connectivity index (χ1) is 8.90. The summed E-state index contributed by atoms with van der Waals surface area (Å²) in [6.45, 7) is 3.30. The van der Waals surface area contributed by atoms with E-state index in [1.807, 2.05) is 12.1 Å². The molecule has 1 unspecified atom stereocenters. The van der Waals surface area contributed by atoms with E-state index in [0.29, 0.717) is 6.04 Å². The molecule has 0 saturated carbocycles. The summed E-state index contributed by atoms with van der Waals surface area (Å²) in [4.78, 5) is 0. The number of fused-ring (bicyclic) bond motifs is 1. The zero-order valence-electron chi connectivity index (χ0n) is 10.8. The number of nitrogens with one attached hydrogen (secondary N) is 1. The Morgan fingerprint density at radius 1 is 1.28 bits per heavy atom. The second-order valence-corrected chi connectivity index (χ2v) is 4.90. The summed E-state index contributed by atoms with van der Waals surface area (Å²) in [6.07, 6.45) is 5.28. The van der Waals surface area contributed by atoms with Crippen LogP contribution < -0.4 is 5.32 Å². The van der Waals surface area contributed by atoms with Crippen LogP contribution in [0, 0.1) is 0 Å². The minimum Gasteiger partial charge on any atom is -0.464 e. The van der Waals surface area contributed by atoms with Gasteiger partial charge in [0.05, 0.1) is 6.26 Å². The summed E-state index contributed by atoms with van der Waals surface area (Å²) < 4.78 is 5.54. The van der Waals surface area contributed by atoms with Gasteiger partial charge in [0.25, 0.3) is 0 Å². The van der Waals surface area contributed by atoms with Gasteiger partial charge in [-0.25, -0.2) is 0 Å². The molecule has 1 aromatic heterocycles. The third kappa shape index (κ3) is 1.97. The average molecular weight is 241 g/mol. The summed E-state index contributed by atoms with van der Waals surface area (Å²) >= 11 is 0. The Hall–Kier alpha value is -1.54. The molecule has 1 N–H and O–H groups in total. The molecule has 18 heavy (non-hydrogen) atoms. The summed E-state index contributed by atoms with van der Waals surface area (Å²) in [6, 6.07) is 11.1. The molecule has 0 bridgehead atoms. The van der Waals surface area contributed by atoms with Crippen LogP contribution in [0.25, 0.3) is 11.3 Å². The predicted molar refractivity (Wildman–Crippen MR) is 73.5 cm³/mol. The largest absolute Gasteiger partial charge is 0.464 e. The topological polar surface area (TPSA) is 25.2 Å². The molecule has 1 heterocycles. The van der Waals surface area contributed by atoms with Gasteiger partial charge in [0.1, 0.15) is 5.76 Å². The quantitative estimate of drug-likeness (QED) is 0.877. The van der Waals surface area contributed by atoms with E-state index in [0.717, 1.165) is 18.7 Å². The highest BCUT2D eigenvalue weighted by Gasteiger charge is 2.24. The van der Waals surface area contributed by atoms with Gasteiger partial charge >= 0.3 is 0 Å². The van der Waals surface area contributed by atoms with Crippen molar-refractivity contribution in [1.82, 2.24) is 5.32 Å². The molecule has 3 rings (SSSR count). The molecule has 0 amide bonds. The number of rotatable bonds is 4. The van der Waals surface area contributed by atoms with E-state index in [9.17, 15) is 0 Å². The first-order valence-electron chi connectivity index (χ1n) is 6.79. The van der Waals surface area contributed by atoms with Gasteiger partial charge in [0, 0.05) is 11.6 Å². The smallest absolute Gasteiger partial charge is 0.134 e. The second kappa shape index (κ2) is 4.99. The van der Waals surface area contributed by atoms with Crippen molar-refractivity contribution in [2.24, 2.45) is 0 Å². The minimum absolute atomic E-state index is 0.523. The molecule has 0 spiro atoms. The third-order valence-electron chi connectivity index (χ3n) is 3.70. The molecule has 2 aromatic rings. The van der Waals surface area contributed by atoms with Gasteiger partial charge < -0.3 is 9.73 Å². The monoisotopic (exact) mass is 241 g/mol. The summed E-state index contributed by atoms with van der Waals surface area (Å²) in [7, 11) is 0. The first-order valence-corrected chi connectivity index (χ1v) is 6.79. The molecule has 1 aromatic carbocycles. The van der Waals surface area contributed by atoms with Crippen molar-refractivity contribution >= 4 is 0 Å². The lowest BCUT2D eigenvalue weighted by atomic mass is 10.0. The van der Waals surface area contributed by atoms with E-state index in [-0.39, 0.29) is 0 Å². The number of furan rings is 1. The fourth-order valence-corrected chi connectivity index (χ4v) is 2.85. The Kier molecular flexibility index (Phi) is 3.20. The highest BCUT2D eigenvalue weighted by Crippen LogP contribution is 2.37. The zero-order chi connectivity index (χ0) is 12.4. The SMILES string of the molecule is CCCNC1CCc2c(-c3ccco3)cccc21. The van der Waals surface area contributed by atoms with Crippen LogP contribution in [0.15, 0.2) is 41.0 Å². The van der Waals surface area contributed by atoms with Crippen LogP contribution in [0.2, 0.25) is 0 Å². The predicted octanol–water partition coefficient (Wildman–Crippen LogP) is 3.93. The van der Waals surface area contributed by atoms with Gasteiger partial charge in [-0.05, 0) is 49.1 Å². The normalized spacial score (nSPS) is 17.9. The molecule has 0 aliphatic heterocycles. The molecule has 0 radical (unpaired) electrons. The van der Waals surface area contributed by atoms with Crippen molar-refractivity contribution in [3.05, 3.63) is 47.7 Å². The van der Waals surface area contributed by atoms with Crippen LogP contribution in [0.4, 0.5) is 0 Å². The van der Waals surface area contributed by atoms with Crippen molar-refractivity contribution in [2.75, 3.05) is 6.54 Å². The minimum atomic E-state index is 0.523. The highest BCUT2D eigenvalue weighted by molar-refractivity contribution is 5.65. The van der Waals surface area contributed by atoms with Crippen molar-refractivity contribution in [2.45, 2.75) is 32.2 Å². The van der Waals surface area contributed by atoms with Crippen molar-refractivity contribution in [3.63, 3.8) is 0 Å². The summed E-state index contributed by atoms with van der Waals surface area (Å²) in [5, 5.41) is 3.63. The maximum atomic E-state index is 5.54. The highest BCUT2D eigenvalue weighted by atomic mass is 16.3. The molecule has 2 heteroatoms. The van der Waals surface area contributed by atoms with E-state index in [4.69, 9.17) is 4.42 Å². The maximum absolute atomic E-state index is 5.54. The molecular formula is C16H19NO. The average Bonchev–Trinajstić information content (AvgIpc) is 3.05. The van der Waals surface area contributed by atoms with Gasteiger partial charge in [-0.15, -0.1) is 0 Å². The van der Waals surface area contributed by atoms with E-state index in [1.165, 1.54) is 29.5 Å². The molecular weight excluding hydrogens is 222 g/mol. The zero-order valence-corrected chi connectivity index (χ0v) is 10.8. The fourth-order valence-electron chi connectivity index (χ4n) is 2.85. The fraction of sp³-hybridized carbons (Fsp3) is 0.375. The van der Waals surface area contributed by atoms with Crippen LogP contribution in [0.1, 0.15) is 36.9 Å². The maximum Gasteiger partial charge on any atom is 0.134 e. The Balaban J connectivity index is 1.94. The van der Waals surface area contributed by atoms with Crippen molar-refractivity contribution in [3.8, 4) is 11.3 Å². The van der Waals surface area contributed by atoms with E-state index >= 15 is 0 Å². The third-order valence-corrected chi connectivity index (χ3v) is 3.70. The molecule has 2 nitrogen and oxygen atoms in total. The van der Waals surface area contributed by atoms with Gasteiger partial charge in [-0.1, -0.05) is 25.1 Å². The number of benzene rings is 1. The van der Waals surface area contributed by atoms with E-state index in [1.54, 1.807) is 6.26 Å². The molecule has 1 aliphatic carbocycles. The summed E-state index contributed by atoms with van der Waals surface area (Å²) in [5.41, 5.74) is 4.18. The molecule has 94 valence electrons. The van der Waals surface area contributed by atoms with Crippen LogP contribution in [0.3, 0.4) is 0 Å². The number of hydrogen-bond acceptors (Lipinski definition) is 2. The van der Waals surface area contributed by atoms with Gasteiger partial charge in [0.2, 0.25) is 0 Å². The van der Waals surface area contributed by atoms with E-state index < -0.39 is 0 Å². The lowest BCUT2D eigenvalue weighted by Gasteiger charge is -2.13. The van der Waals surface area contributed by atoms with Gasteiger partial charge in [-0.2, -0.15) is 0 Å². The molecule has 0 fully saturated rings. The lowest BCUT2D eigenvalue weighted by Crippen LogP contribution is -2.19.